The lowest BCUT2D eigenvalue weighted by molar-refractivity contribution is -0.136. The molecule has 8 nitrogen and oxygen atoms in total. The van der Waals surface area contributed by atoms with Gasteiger partial charge in [-0.05, 0) is 18.8 Å². The molecular weight excluding hydrogens is 558 g/mol. The topological polar surface area (TPSA) is 135 Å². The van der Waals surface area contributed by atoms with Gasteiger partial charge in [0.2, 0.25) is 5.91 Å². The Morgan fingerprint density at radius 1 is 0.970 bits per heavy atom. The Kier molecular flexibility index (Phi) is 15.0. The molecule has 0 fully saturated rings. The molecule has 0 aliphatic rings. The second-order valence-electron chi connectivity index (χ2n) is 9.67. The maximum atomic E-state index is 13.1. The molecule has 0 saturated carbocycles. The van der Waals surface area contributed by atoms with Crippen molar-refractivity contribution in [3.8, 4) is 0 Å². The second kappa shape index (κ2) is 15.6. The average molecular weight is 597 g/mol. The molecule has 0 aromatic heterocycles. The van der Waals surface area contributed by atoms with Gasteiger partial charge in [0.05, 0.1) is 6.04 Å². The summed E-state index contributed by atoms with van der Waals surface area (Å²) in [5, 5.41) is 6.37. The van der Waals surface area contributed by atoms with Gasteiger partial charge in [-0.25, -0.2) is 4.79 Å². The van der Waals surface area contributed by atoms with Gasteiger partial charge in [0.25, 0.3) is 0 Å². The summed E-state index contributed by atoms with van der Waals surface area (Å²) in [4.78, 5) is 61.6. The first-order valence-electron chi connectivity index (χ1n) is 11.3. The molecule has 0 radical (unpaired) electrons. The van der Waals surface area contributed by atoms with Crippen molar-refractivity contribution in [1.82, 2.24) is 10.6 Å². The highest BCUT2D eigenvalue weighted by Gasteiger charge is 2.33. The Morgan fingerprint density at radius 2 is 1.55 bits per heavy atom. The smallest absolute Gasteiger partial charge is 0.312 e. The quantitative estimate of drug-likeness (QED) is 0.185. The highest BCUT2D eigenvalue weighted by Crippen LogP contribution is 2.22. The van der Waals surface area contributed by atoms with Crippen LogP contribution in [0.25, 0.3) is 0 Å². The van der Waals surface area contributed by atoms with E-state index in [1.165, 1.54) is 0 Å². The Balaban J connectivity index is 5.16. The van der Waals surface area contributed by atoms with Crippen molar-refractivity contribution in [3.05, 3.63) is 0 Å². The molecule has 0 aromatic rings. The lowest BCUT2D eigenvalue weighted by Crippen LogP contribution is -2.49. The lowest BCUT2D eigenvalue weighted by atomic mass is 9.83. The molecule has 3 amide bonds. The first-order valence-corrected chi connectivity index (χ1v) is 13.5. The number of hydrogen-bond donors (Lipinski definition) is 3. The number of nitrogens with two attached hydrogens (primary N) is 1. The monoisotopic (exact) mass is 595 g/mol. The predicted octanol–water partition coefficient (Wildman–Crippen LogP) is 3.52. The predicted molar refractivity (Wildman–Crippen MR) is 136 cm³/mol. The number of alkyl halides is 2. The normalized spacial score (nSPS) is 13.5. The standard InChI is InChI=1S/C23H39Br2N3O5/c1-14(2)17(11-16(29)8-9-19(30)15(12-24)13-25)21(32)28-18(20(31)23(3,4)5)7-6-10-27-22(26)33/h14-15,17-18H,6-13H2,1-5H3,(H,28,32)(H3,26,27,33)/t17-,18-/m0/s1. The molecule has 10 heteroatoms. The fourth-order valence-corrected chi connectivity index (χ4v) is 5.04. The van der Waals surface area contributed by atoms with E-state index in [2.05, 4.69) is 42.5 Å². The minimum absolute atomic E-state index is 0.00283. The van der Waals surface area contributed by atoms with Crippen LogP contribution in [0.5, 0.6) is 0 Å². The maximum Gasteiger partial charge on any atom is 0.312 e. The molecule has 0 aliphatic carbocycles. The van der Waals surface area contributed by atoms with Gasteiger partial charge in [-0.1, -0.05) is 66.5 Å². The summed E-state index contributed by atoms with van der Waals surface area (Å²) in [5.41, 5.74) is 4.40. The molecule has 4 N–H and O–H groups in total. The summed E-state index contributed by atoms with van der Waals surface area (Å²) in [5.74, 6) is -1.53. The Labute approximate surface area is 214 Å². The number of carbonyl (C=O) groups excluding carboxylic acids is 5. The first-order chi connectivity index (χ1) is 15.2. The van der Waals surface area contributed by atoms with Crippen molar-refractivity contribution in [1.29, 1.82) is 0 Å². The van der Waals surface area contributed by atoms with Gasteiger partial charge in [-0.15, -0.1) is 0 Å². The third kappa shape index (κ3) is 12.7. The van der Waals surface area contributed by atoms with E-state index in [-0.39, 0.29) is 54.4 Å². The molecule has 2 atom stereocenters. The number of carbonyl (C=O) groups is 5. The zero-order chi connectivity index (χ0) is 25.8. The molecule has 0 aromatic carbocycles. The van der Waals surface area contributed by atoms with Crippen LogP contribution in [0.2, 0.25) is 0 Å². The molecule has 0 heterocycles. The molecule has 0 rings (SSSR count). The van der Waals surface area contributed by atoms with Crippen LogP contribution in [0.1, 0.15) is 66.7 Å². The van der Waals surface area contributed by atoms with E-state index in [1.807, 2.05) is 13.8 Å². The van der Waals surface area contributed by atoms with Gasteiger partial charge in [0, 0.05) is 53.7 Å². The SMILES string of the molecule is CC(C)[C@H](CC(=O)CCC(=O)C(CBr)CBr)C(=O)N[C@@H](CCCNC(N)=O)C(=O)C(C)(C)C. The van der Waals surface area contributed by atoms with E-state index in [4.69, 9.17) is 5.73 Å². The van der Waals surface area contributed by atoms with Crippen molar-refractivity contribution in [2.24, 2.45) is 28.9 Å². The second-order valence-corrected chi connectivity index (χ2v) is 11.0. The summed E-state index contributed by atoms with van der Waals surface area (Å²) in [7, 11) is 0. The number of amides is 3. The van der Waals surface area contributed by atoms with Crippen LogP contribution in [0.4, 0.5) is 4.79 Å². The van der Waals surface area contributed by atoms with E-state index in [1.54, 1.807) is 20.8 Å². The van der Waals surface area contributed by atoms with Crippen molar-refractivity contribution in [2.45, 2.75) is 72.8 Å². The third-order valence-corrected chi connectivity index (χ3v) is 6.97. The fourth-order valence-electron chi connectivity index (χ4n) is 3.25. The van der Waals surface area contributed by atoms with Crippen molar-refractivity contribution >= 4 is 61.1 Å². The molecule has 190 valence electrons. The molecular formula is C23H39Br2N3O5. The van der Waals surface area contributed by atoms with Crippen LogP contribution in [0.15, 0.2) is 0 Å². The van der Waals surface area contributed by atoms with E-state index < -0.39 is 23.4 Å². The fraction of sp³-hybridized carbons (Fsp3) is 0.783. The number of Topliss-reactive ketones (excluding diaryl/α,β-unsaturated/α-hetero) is 3. The minimum Gasteiger partial charge on any atom is -0.352 e. The summed E-state index contributed by atoms with van der Waals surface area (Å²) in [6.45, 7) is 9.35. The number of rotatable bonds is 16. The Morgan fingerprint density at radius 3 is 2.00 bits per heavy atom. The van der Waals surface area contributed by atoms with E-state index in [9.17, 15) is 24.0 Å². The van der Waals surface area contributed by atoms with Gasteiger partial charge in [-0.3, -0.25) is 19.2 Å². The molecule has 0 aliphatic heterocycles. The van der Waals surface area contributed by atoms with Gasteiger partial charge < -0.3 is 16.4 Å². The Hall–Kier alpha value is -1.29. The third-order valence-electron chi connectivity index (χ3n) is 5.41. The number of ketones is 3. The number of halogens is 2. The van der Waals surface area contributed by atoms with Crippen LogP contribution in [-0.4, -0.2) is 52.5 Å². The van der Waals surface area contributed by atoms with Crippen molar-refractivity contribution in [2.75, 3.05) is 17.2 Å². The summed E-state index contributed by atoms with van der Waals surface area (Å²) < 4.78 is 0. The zero-order valence-corrected chi connectivity index (χ0v) is 23.5. The van der Waals surface area contributed by atoms with Crippen LogP contribution in [0.3, 0.4) is 0 Å². The van der Waals surface area contributed by atoms with Crippen LogP contribution >= 0.6 is 31.9 Å². The van der Waals surface area contributed by atoms with Gasteiger partial charge in [-0.2, -0.15) is 0 Å². The molecule has 0 unspecified atom stereocenters. The maximum absolute atomic E-state index is 13.1. The largest absolute Gasteiger partial charge is 0.352 e. The number of primary amides is 1. The van der Waals surface area contributed by atoms with Crippen LogP contribution < -0.4 is 16.4 Å². The van der Waals surface area contributed by atoms with Crippen molar-refractivity contribution in [3.63, 3.8) is 0 Å². The average Bonchev–Trinajstić information content (AvgIpc) is 2.71. The molecule has 33 heavy (non-hydrogen) atoms. The molecule has 0 bridgehead atoms. The molecule has 0 saturated heterocycles. The highest BCUT2D eigenvalue weighted by atomic mass is 79.9. The summed E-state index contributed by atoms with van der Waals surface area (Å²) in [6.07, 6.45) is 1.06. The van der Waals surface area contributed by atoms with Gasteiger partial charge in [0.15, 0.2) is 5.78 Å². The summed E-state index contributed by atoms with van der Waals surface area (Å²) in [6, 6.07) is -1.38. The minimum atomic E-state index is -0.733. The van der Waals surface area contributed by atoms with Crippen LogP contribution in [0, 0.1) is 23.2 Å². The van der Waals surface area contributed by atoms with Gasteiger partial charge >= 0.3 is 6.03 Å². The number of nitrogens with one attached hydrogen (secondary N) is 2. The highest BCUT2D eigenvalue weighted by molar-refractivity contribution is 9.09. The lowest BCUT2D eigenvalue weighted by Gasteiger charge is -2.28. The van der Waals surface area contributed by atoms with Crippen LogP contribution in [-0.2, 0) is 19.2 Å². The first kappa shape index (κ1) is 31.7. The summed E-state index contributed by atoms with van der Waals surface area (Å²) >= 11 is 6.59. The van der Waals surface area contributed by atoms with E-state index >= 15 is 0 Å². The van der Waals surface area contributed by atoms with Gasteiger partial charge in [0.1, 0.15) is 11.6 Å². The molecule has 0 spiro atoms. The van der Waals surface area contributed by atoms with E-state index in [0.717, 1.165) is 0 Å². The van der Waals surface area contributed by atoms with Crippen molar-refractivity contribution < 1.29 is 24.0 Å². The number of urea groups is 1. The number of hydrogen-bond acceptors (Lipinski definition) is 5. The zero-order valence-electron chi connectivity index (χ0n) is 20.3. The van der Waals surface area contributed by atoms with E-state index in [0.29, 0.717) is 30.0 Å². The Bertz CT molecular complexity index is 688.